The van der Waals surface area contributed by atoms with E-state index in [0.717, 1.165) is 74.6 Å². The molecule has 4 aromatic rings. The van der Waals surface area contributed by atoms with E-state index in [9.17, 15) is 10.2 Å². The molecule has 0 aliphatic heterocycles. The van der Waals surface area contributed by atoms with Crippen molar-refractivity contribution < 1.29 is 10.2 Å². The Labute approximate surface area is 314 Å². The minimum Gasteiger partial charge on any atom is -0.507 e. The first-order chi connectivity index (χ1) is 25.5. The summed E-state index contributed by atoms with van der Waals surface area (Å²) in [6.07, 6.45) is 28.7. The third-order valence-corrected chi connectivity index (χ3v) is 14.8. The van der Waals surface area contributed by atoms with Gasteiger partial charge in [-0.3, -0.25) is 0 Å². The molecule has 3 fully saturated rings. The van der Waals surface area contributed by atoms with Crippen LogP contribution in [0.25, 0.3) is 38.2 Å². The van der Waals surface area contributed by atoms with Gasteiger partial charge >= 0.3 is 0 Å². The smallest absolute Gasteiger partial charge is 0.124 e. The predicted octanol–water partition coefficient (Wildman–Crippen LogP) is 14.7. The lowest BCUT2D eigenvalue weighted by atomic mass is 9.68. The highest BCUT2D eigenvalue weighted by Crippen LogP contribution is 2.48. The fourth-order valence-electron chi connectivity index (χ4n) is 11.8. The molecule has 4 aliphatic carbocycles. The van der Waals surface area contributed by atoms with Gasteiger partial charge in [0.25, 0.3) is 0 Å². The van der Waals surface area contributed by atoms with Crippen molar-refractivity contribution >= 4 is 27.1 Å². The third-order valence-electron chi connectivity index (χ3n) is 14.8. The number of phenolic OH excluding ortho intramolecular Hbond substituents is 2. The quantitative estimate of drug-likeness (QED) is 0.183. The second kappa shape index (κ2) is 16.0. The first-order valence-electron chi connectivity index (χ1n) is 21.7. The van der Waals surface area contributed by atoms with Crippen molar-refractivity contribution in [3.05, 3.63) is 77.9 Å². The maximum absolute atomic E-state index is 11.4. The van der Waals surface area contributed by atoms with E-state index in [-0.39, 0.29) is 11.5 Å². The Morgan fingerprint density at radius 2 is 1.04 bits per heavy atom. The fraction of sp³-hybridized carbons (Fsp3) is 0.560. The van der Waals surface area contributed by atoms with Crippen LogP contribution in [0.1, 0.15) is 153 Å². The number of hydrogen-bond donors (Lipinski definition) is 2. The fourth-order valence-corrected chi connectivity index (χ4v) is 11.8. The van der Waals surface area contributed by atoms with Gasteiger partial charge in [0.2, 0.25) is 0 Å². The van der Waals surface area contributed by atoms with Gasteiger partial charge in [-0.25, -0.2) is 0 Å². The van der Waals surface area contributed by atoms with Gasteiger partial charge in [-0.1, -0.05) is 114 Å². The highest BCUT2D eigenvalue weighted by molar-refractivity contribution is 6.10. The average Bonchev–Trinajstić information content (AvgIpc) is 3.19. The van der Waals surface area contributed by atoms with Crippen LogP contribution in [0.5, 0.6) is 11.5 Å². The molecule has 276 valence electrons. The summed E-state index contributed by atoms with van der Waals surface area (Å²) in [5, 5.41) is 27.0. The van der Waals surface area contributed by atoms with Gasteiger partial charge in [-0.2, -0.15) is 0 Å². The Bertz CT molecular complexity index is 1860. The Balaban J connectivity index is 0.986. The van der Waals surface area contributed by atoms with Crippen molar-refractivity contribution in [1.82, 2.24) is 0 Å². The second-order valence-corrected chi connectivity index (χ2v) is 17.9. The van der Waals surface area contributed by atoms with E-state index in [4.69, 9.17) is 0 Å². The summed E-state index contributed by atoms with van der Waals surface area (Å²) in [5.74, 6) is 6.67. The van der Waals surface area contributed by atoms with Crippen LogP contribution in [0.15, 0.2) is 66.7 Å². The van der Waals surface area contributed by atoms with Crippen molar-refractivity contribution in [3.63, 3.8) is 0 Å². The van der Waals surface area contributed by atoms with Crippen LogP contribution < -0.4 is 0 Å². The molecule has 2 N–H and O–H groups in total. The van der Waals surface area contributed by atoms with Crippen LogP contribution in [0.3, 0.4) is 0 Å². The SMILES string of the molecule is CCCC1CCC(C2CC=C(c3ccc4c(-c5c(O)ccc6cc(C7CCC(C8CCC(CCC)CC8)CC7)ccc56)c(O)ccc4c3)CC2)CC1. The molecule has 0 amide bonds. The predicted molar refractivity (Wildman–Crippen MR) is 221 cm³/mol. The van der Waals surface area contributed by atoms with Crippen molar-refractivity contribution in [2.24, 2.45) is 35.5 Å². The first kappa shape index (κ1) is 35.8. The first-order valence-corrected chi connectivity index (χ1v) is 21.7. The summed E-state index contributed by atoms with van der Waals surface area (Å²) in [6, 6.07) is 21.4. The van der Waals surface area contributed by atoms with E-state index in [1.807, 2.05) is 18.2 Å². The molecular weight excluding hydrogens is 633 g/mol. The van der Waals surface area contributed by atoms with Gasteiger partial charge in [0, 0.05) is 11.1 Å². The van der Waals surface area contributed by atoms with Crippen molar-refractivity contribution in [2.45, 2.75) is 142 Å². The van der Waals surface area contributed by atoms with Gasteiger partial charge in [0.1, 0.15) is 11.5 Å². The van der Waals surface area contributed by atoms with Crippen molar-refractivity contribution in [3.8, 4) is 22.6 Å². The zero-order chi connectivity index (χ0) is 35.6. The van der Waals surface area contributed by atoms with Gasteiger partial charge in [-0.15, -0.1) is 0 Å². The molecule has 4 aliphatic rings. The minimum absolute atomic E-state index is 0.225. The number of rotatable bonds is 9. The standard InChI is InChI=1S/C50H64O2/c1-3-5-33-7-11-35(12-8-33)37-15-19-39(20-16-37)41-23-27-45-43(31-41)25-29-47(51)49(45)50-46-28-24-42(32-44(46)26-30-48(50)52)40-21-17-38(18-22-40)36-13-9-34(6-4-2)10-14-36/h19,23-38,40,51-52H,3-18,20-22H2,1-2H3. The Morgan fingerprint density at radius 1 is 0.519 bits per heavy atom. The van der Waals surface area contributed by atoms with Crippen LogP contribution in [0, 0.1) is 35.5 Å². The molecule has 0 aromatic heterocycles. The summed E-state index contributed by atoms with van der Waals surface area (Å²) in [5.41, 5.74) is 5.70. The normalized spacial score (nSPS) is 28.6. The lowest BCUT2D eigenvalue weighted by molar-refractivity contribution is 0.156. The van der Waals surface area contributed by atoms with Crippen molar-refractivity contribution in [1.29, 1.82) is 0 Å². The number of fused-ring (bicyclic) bond motifs is 2. The van der Waals surface area contributed by atoms with Gasteiger partial charge < -0.3 is 10.2 Å². The molecule has 0 bridgehead atoms. The van der Waals surface area contributed by atoms with Crippen LogP contribution >= 0.6 is 0 Å². The number of benzene rings is 4. The van der Waals surface area contributed by atoms with Crippen LogP contribution in [-0.4, -0.2) is 10.2 Å². The summed E-state index contributed by atoms with van der Waals surface area (Å²) in [6.45, 7) is 4.68. The van der Waals surface area contributed by atoms with Gasteiger partial charge in [0.05, 0.1) is 0 Å². The molecule has 1 unspecified atom stereocenters. The molecule has 2 heteroatoms. The number of hydrogen-bond acceptors (Lipinski definition) is 2. The molecule has 52 heavy (non-hydrogen) atoms. The maximum atomic E-state index is 11.4. The number of aromatic hydroxyl groups is 2. The van der Waals surface area contributed by atoms with E-state index in [1.54, 1.807) is 0 Å². The Morgan fingerprint density at radius 3 is 1.58 bits per heavy atom. The highest BCUT2D eigenvalue weighted by atomic mass is 16.3. The molecule has 0 spiro atoms. The maximum Gasteiger partial charge on any atom is 0.124 e. The molecule has 0 radical (unpaired) electrons. The molecule has 3 saturated carbocycles. The Hall–Kier alpha value is -3.26. The van der Waals surface area contributed by atoms with E-state index in [2.05, 4.69) is 62.4 Å². The molecule has 1 atom stereocenters. The van der Waals surface area contributed by atoms with Crippen LogP contribution in [0.4, 0.5) is 0 Å². The minimum atomic E-state index is 0.225. The van der Waals surface area contributed by atoms with E-state index >= 15 is 0 Å². The topological polar surface area (TPSA) is 40.5 Å². The highest BCUT2D eigenvalue weighted by Gasteiger charge is 2.32. The zero-order valence-corrected chi connectivity index (χ0v) is 32.2. The lowest BCUT2D eigenvalue weighted by Gasteiger charge is -2.38. The van der Waals surface area contributed by atoms with Gasteiger partial charge in [0.15, 0.2) is 0 Å². The third kappa shape index (κ3) is 7.43. The second-order valence-electron chi connectivity index (χ2n) is 17.9. The average molecular weight is 697 g/mol. The molecular formula is C50H64O2. The summed E-state index contributed by atoms with van der Waals surface area (Å²) in [4.78, 5) is 0. The number of allylic oxidation sites excluding steroid dienone is 2. The van der Waals surface area contributed by atoms with Crippen LogP contribution in [-0.2, 0) is 0 Å². The lowest BCUT2D eigenvalue weighted by Crippen LogP contribution is -2.25. The molecule has 8 rings (SSSR count). The van der Waals surface area contributed by atoms with Crippen LogP contribution in [0.2, 0.25) is 0 Å². The zero-order valence-electron chi connectivity index (χ0n) is 32.2. The van der Waals surface area contributed by atoms with Gasteiger partial charge in [-0.05, 0) is 168 Å². The largest absolute Gasteiger partial charge is 0.507 e. The molecule has 2 nitrogen and oxygen atoms in total. The van der Waals surface area contributed by atoms with E-state index in [0.29, 0.717) is 5.92 Å². The summed E-state index contributed by atoms with van der Waals surface area (Å²) >= 11 is 0. The monoisotopic (exact) mass is 696 g/mol. The van der Waals surface area contributed by atoms with E-state index < -0.39 is 0 Å². The Kier molecular flexibility index (Phi) is 11.0. The number of phenols is 2. The molecule has 0 saturated heterocycles. The molecule has 4 aromatic carbocycles. The summed E-state index contributed by atoms with van der Waals surface area (Å²) in [7, 11) is 0. The van der Waals surface area contributed by atoms with E-state index in [1.165, 1.54) is 132 Å². The van der Waals surface area contributed by atoms with Crippen molar-refractivity contribution in [2.75, 3.05) is 0 Å². The molecule has 0 heterocycles. The summed E-state index contributed by atoms with van der Waals surface area (Å²) < 4.78 is 0.